The number of fused-ring (bicyclic) bond motifs is 1. The van der Waals surface area contributed by atoms with Crippen LogP contribution < -0.4 is 0 Å². The van der Waals surface area contributed by atoms with Crippen molar-refractivity contribution in [2.75, 3.05) is 13.1 Å². The van der Waals surface area contributed by atoms with Crippen LogP contribution >= 0.6 is 0 Å². The second kappa shape index (κ2) is 3.37. The van der Waals surface area contributed by atoms with Gasteiger partial charge >= 0.3 is 0 Å². The summed E-state index contributed by atoms with van der Waals surface area (Å²) in [5, 5.41) is 0. The fraction of sp³-hybridized carbons (Fsp3) is 1.00. The van der Waals surface area contributed by atoms with Crippen LogP contribution in [0.2, 0.25) is 0 Å². The molecule has 2 heterocycles. The zero-order valence-corrected chi connectivity index (χ0v) is 8.42. The summed E-state index contributed by atoms with van der Waals surface area (Å²) >= 11 is 0. The molecule has 2 rings (SSSR count). The lowest BCUT2D eigenvalue weighted by molar-refractivity contribution is 0.270. The molecule has 12 heavy (non-hydrogen) atoms. The van der Waals surface area contributed by atoms with Gasteiger partial charge in [-0.3, -0.25) is 0 Å². The van der Waals surface area contributed by atoms with Crippen molar-refractivity contribution >= 4 is 0 Å². The van der Waals surface area contributed by atoms with Crippen molar-refractivity contribution in [2.24, 2.45) is 11.8 Å². The second-order valence-electron chi connectivity index (χ2n) is 4.92. The summed E-state index contributed by atoms with van der Waals surface area (Å²) in [6.07, 6.45) is 5.88. The van der Waals surface area contributed by atoms with E-state index < -0.39 is 0 Å². The van der Waals surface area contributed by atoms with Crippen molar-refractivity contribution in [3.63, 3.8) is 0 Å². The Morgan fingerprint density at radius 2 is 2.08 bits per heavy atom. The molecule has 2 unspecified atom stereocenters. The zero-order valence-electron chi connectivity index (χ0n) is 8.42. The highest BCUT2D eigenvalue weighted by Crippen LogP contribution is 2.35. The third kappa shape index (κ3) is 1.52. The summed E-state index contributed by atoms with van der Waals surface area (Å²) in [7, 11) is 0. The maximum atomic E-state index is 2.72. The summed E-state index contributed by atoms with van der Waals surface area (Å²) in [5.74, 6) is 1.93. The van der Waals surface area contributed by atoms with Crippen molar-refractivity contribution in [3.05, 3.63) is 0 Å². The van der Waals surface area contributed by atoms with Crippen molar-refractivity contribution in [2.45, 2.75) is 45.6 Å². The lowest BCUT2D eigenvalue weighted by Crippen LogP contribution is -2.26. The van der Waals surface area contributed by atoms with E-state index in [1.54, 1.807) is 0 Å². The maximum absolute atomic E-state index is 2.72. The number of hydrogen-bond donors (Lipinski definition) is 0. The Bertz CT molecular complexity index is 153. The van der Waals surface area contributed by atoms with E-state index in [2.05, 4.69) is 18.7 Å². The summed E-state index contributed by atoms with van der Waals surface area (Å²) in [4.78, 5) is 2.72. The van der Waals surface area contributed by atoms with Crippen LogP contribution in [0.4, 0.5) is 0 Å². The second-order valence-corrected chi connectivity index (χ2v) is 4.92. The summed E-state index contributed by atoms with van der Waals surface area (Å²) in [6.45, 7) is 7.50. The summed E-state index contributed by atoms with van der Waals surface area (Å²) in [6, 6.07) is 0.979. The molecule has 0 aromatic heterocycles. The first-order valence-electron chi connectivity index (χ1n) is 5.51. The topological polar surface area (TPSA) is 3.24 Å². The van der Waals surface area contributed by atoms with E-state index in [4.69, 9.17) is 0 Å². The molecule has 1 nitrogen and oxygen atoms in total. The molecule has 0 bridgehead atoms. The number of rotatable bonds is 2. The van der Waals surface area contributed by atoms with Crippen LogP contribution in [0.1, 0.15) is 39.5 Å². The third-order valence-corrected chi connectivity index (χ3v) is 3.52. The Balaban J connectivity index is 1.91. The van der Waals surface area contributed by atoms with Gasteiger partial charge in [-0.1, -0.05) is 13.8 Å². The molecule has 0 aliphatic carbocycles. The van der Waals surface area contributed by atoms with E-state index in [0.29, 0.717) is 0 Å². The van der Waals surface area contributed by atoms with Crippen LogP contribution in [0.25, 0.3) is 0 Å². The molecular formula is C11H21N. The average Bonchev–Trinajstić information content (AvgIpc) is 2.52. The Hall–Kier alpha value is -0.0400. The minimum atomic E-state index is 0.899. The van der Waals surface area contributed by atoms with Crippen LogP contribution in [0.5, 0.6) is 0 Å². The molecule has 0 amide bonds. The van der Waals surface area contributed by atoms with Crippen LogP contribution in [0.15, 0.2) is 0 Å². The van der Waals surface area contributed by atoms with Gasteiger partial charge in [-0.15, -0.1) is 0 Å². The molecule has 70 valence electrons. The van der Waals surface area contributed by atoms with Gasteiger partial charge < -0.3 is 4.90 Å². The van der Waals surface area contributed by atoms with Crippen molar-refractivity contribution < 1.29 is 0 Å². The van der Waals surface area contributed by atoms with Crippen LogP contribution in [0.3, 0.4) is 0 Å². The molecule has 0 radical (unpaired) electrons. The number of hydrogen-bond acceptors (Lipinski definition) is 1. The van der Waals surface area contributed by atoms with Crippen molar-refractivity contribution in [1.82, 2.24) is 4.90 Å². The fourth-order valence-corrected chi connectivity index (χ4v) is 3.07. The Morgan fingerprint density at radius 1 is 1.25 bits per heavy atom. The molecular weight excluding hydrogens is 146 g/mol. The van der Waals surface area contributed by atoms with Gasteiger partial charge in [0, 0.05) is 6.04 Å². The highest BCUT2D eigenvalue weighted by Gasteiger charge is 2.36. The largest absolute Gasteiger partial charge is 0.300 e. The SMILES string of the molecule is CC(C)CC1CCN2CCCC12. The normalized spacial score (nSPS) is 36.2. The molecule has 0 aromatic carbocycles. The molecule has 2 saturated heterocycles. The number of nitrogens with zero attached hydrogens (tertiary/aromatic N) is 1. The Kier molecular flexibility index (Phi) is 2.40. The van der Waals surface area contributed by atoms with E-state index in [9.17, 15) is 0 Å². The predicted molar refractivity (Wildman–Crippen MR) is 52.2 cm³/mol. The van der Waals surface area contributed by atoms with Crippen molar-refractivity contribution in [3.8, 4) is 0 Å². The van der Waals surface area contributed by atoms with E-state index in [1.165, 1.54) is 38.8 Å². The van der Waals surface area contributed by atoms with Gasteiger partial charge in [0.1, 0.15) is 0 Å². The van der Waals surface area contributed by atoms with E-state index in [0.717, 1.165) is 17.9 Å². The first kappa shape index (κ1) is 8.55. The van der Waals surface area contributed by atoms with Crippen LogP contribution in [-0.4, -0.2) is 24.0 Å². The molecule has 2 aliphatic heterocycles. The predicted octanol–water partition coefficient (Wildman–Crippen LogP) is 2.52. The van der Waals surface area contributed by atoms with Crippen LogP contribution in [0, 0.1) is 11.8 Å². The highest BCUT2D eigenvalue weighted by atomic mass is 15.2. The molecule has 2 fully saturated rings. The average molecular weight is 167 g/mol. The first-order valence-corrected chi connectivity index (χ1v) is 5.51. The standard InChI is InChI=1S/C11H21N/c1-9(2)8-10-5-7-12-6-3-4-11(10)12/h9-11H,3-8H2,1-2H3. The zero-order chi connectivity index (χ0) is 8.55. The lowest BCUT2D eigenvalue weighted by atomic mass is 9.90. The molecule has 2 aliphatic rings. The molecule has 0 spiro atoms. The first-order chi connectivity index (χ1) is 5.77. The highest BCUT2D eigenvalue weighted by molar-refractivity contribution is 4.91. The van der Waals surface area contributed by atoms with Gasteiger partial charge in [0.2, 0.25) is 0 Å². The van der Waals surface area contributed by atoms with Gasteiger partial charge in [0.05, 0.1) is 0 Å². The molecule has 0 N–H and O–H groups in total. The van der Waals surface area contributed by atoms with E-state index in [1.807, 2.05) is 0 Å². The van der Waals surface area contributed by atoms with Crippen LogP contribution in [-0.2, 0) is 0 Å². The Morgan fingerprint density at radius 3 is 2.83 bits per heavy atom. The quantitative estimate of drug-likeness (QED) is 0.611. The molecule has 2 atom stereocenters. The fourth-order valence-electron chi connectivity index (χ4n) is 3.07. The third-order valence-electron chi connectivity index (χ3n) is 3.52. The van der Waals surface area contributed by atoms with Gasteiger partial charge in [0.25, 0.3) is 0 Å². The van der Waals surface area contributed by atoms with Gasteiger partial charge in [-0.2, -0.15) is 0 Å². The minimum absolute atomic E-state index is 0.899. The van der Waals surface area contributed by atoms with E-state index in [-0.39, 0.29) is 0 Å². The molecule has 1 heteroatoms. The smallest absolute Gasteiger partial charge is 0.0125 e. The van der Waals surface area contributed by atoms with Gasteiger partial charge in [-0.25, -0.2) is 0 Å². The molecule has 0 saturated carbocycles. The van der Waals surface area contributed by atoms with Gasteiger partial charge in [-0.05, 0) is 50.6 Å². The molecule has 0 aromatic rings. The van der Waals surface area contributed by atoms with E-state index >= 15 is 0 Å². The maximum Gasteiger partial charge on any atom is 0.0125 e. The van der Waals surface area contributed by atoms with Gasteiger partial charge in [0.15, 0.2) is 0 Å². The lowest BCUT2D eigenvalue weighted by Gasteiger charge is -2.21. The minimum Gasteiger partial charge on any atom is -0.300 e. The summed E-state index contributed by atoms with van der Waals surface area (Å²) < 4.78 is 0. The Labute approximate surface area is 76.1 Å². The summed E-state index contributed by atoms with van der Waals surface area (Å²) in [5.41, 5.74) is 0. The monoisotopic (exact) mass is 167 g/mol. The van der Waals surface area contributed by atoms with Crippen molar-refractivity contribution in [1.29, 1.82) is 0 Å².